The van der Waals surface area contributed by atoms with Crippen LogP contribution >= 0.6 is 15.9 Å². The molecule has 0 aliphatic rings. The molecular formula is C25H19BrO4. The van der Waals surface area contributed by atoms with Gasteiger partial charge in [0, 0.05) is 10.0 Å². The van der Waals surface area contributed by atoms with Gasteiger partial charge < -0.3 is 9.47 Å². The van der Waals surface area contributed by atoms with Crippen LogP contribution in [0, 0.1) is 0 Å². The molecule has 3 aromatic carbocycles. The minimum Gasteiger partial charge on any atom is -0.465 e. The van der Waals surface area contributed by atoms with Crippen molar-refractivity contribution in [3.05, 3.63) is 118 Å². The van der Waals surface area contributed by atoms with E-state index in [9.17, 15) is 9.59 Å². The molecule has 3 rings (SSSR count). The number of rotatable bonds is 6. The van der Waals surface area contributed by atoms with E-state index < -0.39 is 11.9 Å². The summed E-state index contributed by atoms with van der Waals surface area (Å²) in [5.74, 6) is -0.828. The lowest BCUT2D eigenvalue weighted by Crippen LogP contribution is -2.08. The maximum absolute atomic E-state index is 12.7. The first-order chi connectivity index (χ1) is 14.6. The van der Waals surface area contributed by atoms with Gasteiger partial charge >= 0.3 is 11.9 Å². The van der Waals surface area contributed by atoms with Crippen molar-refractivity contribution in [2.45, 2.75) is 0 Å². The minimum atomic E-state index is -0.540. The van der Waals surface area contributed by atoms with E-state index in [1.54, 1.807) is 36.4 Å². The zero-order chi connectivity index (χ0) is 21.3. The molecule has 0 bridgehead atoms. The van der Waals surface area contributed by atoms with Crippen LogP contribution in [0.25, 0.3) is 11.8 Å². The molecule has 0 spiro atoms. The molecule has 3 aromatic rings. The third-order valence-corrected chi connectivity index (χ3v) is 4.64. The summed E-state index contributed by atoms with van der Waals surface area (Å²) in [5.41, 5.74) is 2.11. The second-order valence-corrected chi connectivity index (χ2v) is 7.19. The molecule has 0 atom stereocenters. The van der Waals surface area contributed by atoms with Crippen LogP contribution < -0.4 is 0 Å². The topological polar surface area (TPSA) is 52.6 Å². The molecule has 0 amide bonds. The van der Waals surface area contributed by atoms with Gasteiger partial charge in [-0.3, -0.25) is 0 Å². The summed E-state index contributed by atoms with van der Waals surface area (Å²) in [6, 6.07) is 25.3. The maximum atomic E-state index is 12.7. The summed E-state index contributed by atoms with van der Waals surface area (Å²) in [7, 11) is 1.31. The molecule has 0 aliphatic carbocycles. The van der Waals surface area contributed by atoms with Crippen LogP contribution in [-0.2, 0) is 14.3 Å². The molecular weight excluding hydrogens is 444 g/mol. The van der Waals surface area contributed by atoms with Gasteiger partial charge in [0.2, 0.25) is 0 Å². The highest BCUT2D eigenvalue weighted by Crippen LogP contribution is 2.24. The molecule has 4 nitrogen and oxygen atoms in total. The molecule has 0 radical (unpaired) electrons. The van der Waals surface area contributed by atoms with E-state index in [0.717, 1.165) is 10.0 Å². The standard InChI is InChI=1S/C25H19BrO4/c1-29-24(27)21(15-18-9-4-2-5-10-18)17-23(20-13-8-14-22(26)16-20)30-25(28)19-11-6-3-7-12-19/h2-17H,1H3/b21-15-,23-17-. The molecule has 0 aliphatic heterocycles. The Kier molecular flexibility index (Phi) is 7.35. The van der Waals surface area contributed by atoms with E-state index in [0.29, 0.717) is 11.1 Å². The van der Waals surface area contributed by atoms with E-state index in [2.05, 4.69) is 15.9 Å². The van der Waals surface area contributed by atoms with E-state index in [1.165, 1.54) is 13.2 Å². The van der Waals surface area contributed by atoms with Gasteiger partial charge in [-0.2, -0.15) is 0 Å². The van der Waals surface area contributed by atoms with Crippen molar-refractivity contribution in [1.82, 2.24) is 0 Å². The Morgan fingerprint density at radius 3 is 2.10 bits per heavy atom. The zero-order valence-electron chi connectivity index (χ0n) is 16.2. The highest BCUT2D eigenvalue weighted by Gasteiger charge is 2.16. The van der Waals surface area contributed by atoms with Crippen LogP contribution in [0.2, 0.25) is 0 Å². The molecule has 30 heavy (non-hydrogen) atoms. The SMILES string of the molecule is COC(=O)C(=C\c1ccccc1)/C=C(\OC(=O)c1ccccc1)c1cccc(Br)c1. The minimum absolute atomic E-state index is 0.234. The number of benzene rings is 3. The molecule has 0 unspecified atom stereocenters. The lowest BCUT2D eigenvalue weighted by molar-refractivity contribution is -0.135. The van der Waals surface area contributed by atoms with Crippen LogP contribution in [0.3, 0.4) is 0 Å². The zero-order valence-corrected chi connectivity index (χ0v) is 17.8. The number of carbonyl (C=O) groups is 2. The quantitative estimate of drug-likeness (QED) is 0.198. The summed E-state index contributed by atoms with van der Waals surface area (Å²) in [6.45, 7) is 0. The molecule has 5 heteroatoms. The van der Waals surface area contributed by atoms with Crippen molar-refractivity contribution in [3.8, 4) is 0 Å². The first kappa shape index (κ1) is 21.3. The normalized spacial score (nSPS) is 11.7. The predicted octanol–water partition coefficient (Wildman–Crippen LogP) is 5.90. The summed E-state index contributed by atoms with van der Waals surface area (Å²) < 4.78 is 11.4. The van der Waals surface area contributed by atoms with Crippen molar-refractivity contribution in [2.75, 3.05) is 7.11 Å². The molecule has 0 heterocycles. The Morgan fingerprint density at radius 1 is 0.833 bits per heavy atom. The average molecular weight is 463 g/mol. The number of halogens is 1. The van der Waals surface area contributed by atoms with E-state index in [-0.39, 0.29) is 11.3 Å². The van der Waals surface area contributed by atoms with Crippen molar-refractivity contribution in [2.24, 2.45) is 0 Å². The molecule has 0 saturated heterocycles. The van der Waals surface area contributed by atoms with E-state index >= 15 is 0 Å². The van der Waals surface area contributed by atoms with Crippen LogP contribution in [-0.4, -0.2) is 19.0 Å². The van der Waals surface area contributed by atoms with Crippen LogP contribution in [0.5, 0.6) is 0 Å². The number of methoxy groups -OCH3 is 1. The van der Waals surface area contributed by atoms with Gasteiger partial charge in [-0.05, 0) is 42.0 Å². The Morgan fingerprint density at radius 2 is 1.47 bits per heavy atom. The number of hydrogen-bond donors (Lipinski definition) is 0. The largest absolute Gasteiger partial charge is 0.465 e. The molecule has 0 aromatic heterocycles. The monoisotopic (exact) mass is 462 g/mol. The Hall–Kier alpha value is -3.44. The number of hydrogen-bond acceptors (Lipinski definition) is 4. The number of esters is 2. The van der Waals surface area contributed by atoms with Gasteiger partial charge in [0.15, 0.2) is 0 Å². The number of carbonyl (C=O) groups excluding carboxylic acids is 2. The van der Waals surface area contributed by atoms with Crippen molar-refractivity contribution in [1.29, 1.82) is 0 Å². The highest BCUT2D eigenvalue weighted by molar-refractivity contribution is 9.10. The van der Waals surface area contributed by atoms with Gasteiger partial charge in [0.05, 0.1) is 18.2 Å². The summed E-state index contributed by atoms with van der Waals surface area (Å²) in [4.78, 5) is 25.1. The fourth-order valence-corrected chi connectivity index (χ4v) is 3.09. The van der Waals surface area contributed by atoms with Gasteiger partial charge in [-0.1, -0.05) is 76.6 Å². The fraction of sp³-hybridized carbons (Fsp3) is 0.0400. The van der Waals surface area contributed by atoms with Gasteiger partial charge in [-0.15, -0.1) is 0 Å². The van der Waals surface area contributed by atoms with Gasteiger partial charge in [-0.25, -0.2) is 9.59 Å². The third-order valence-electron chi connectivity index (χ3n) is 4.15. The predicted molar refractivity (Wildman–Crippen MR) is 120 cm³/mol. The van der Waals surface area contributed by atoms with E-state index in [4.69, 9.17) is 9.47 Å². The van der Waals surface area contributed by atoms with Crippen LogP contribution in [0.1, 0.15) is 21.5 Å². The second kappa shape index (κ2) is 10.4. The molecule has 0 N–H and O–H groups in total. The summed E-state index contributed by atoms with van der Waals surface area (Å²) in [5, 5.41) is 0. The first-order valence-electron chi connectivity index (χ1n) is 9.17. The third kappa shape index (κ3) is 5.78. The smallest absolute Gasteiger partial charge is 0.343 e. The summed E-state index contributed by atoms with van der Waals surface area (Å²) in [6.07, 6.45) is 3.20. The van der Waals surface area contributed by atoms with Crippen LogP contribution in [0.4, 0.5) is 0 Å². The molecule has 0 fully saturated rings. The van der Waals surface area contributed by atoms with Crippen molar-refractivity contribution >= 4 is 39.7 Å². The average Bonchev–Trinajstić information content (AvgIpc) is 2.78. The Bertz CT molecular complexity index is 1090. The maximum Gasteiger partial charge on any atom is 0.343 e. The van der Waals surface area contributed by atoms with E-state index in [1.807, 2.05) is 54.6 Å². The molecule has 0 saturated carbocycles. The lowest BCUT2D eigenvalue weighted by Gasteiger charge is -2.11. The van der Waals surface area contributed by atoms with Crippen molar-refractivity contribution < 1.29 is 19.1 Å². The van der Waals surface area contributed by atoms with Crippen molar-refractivity contribution in [3.63, 3.8) is 0 Å². The van der Waals surface area contributed by atoms with Gasteiger partial charge in [0.25, 0.3) is 0 Å². The Balaban J connectivity index is 2.06. The van der Waals surface area contributed by atoms with Gasteiger partial charge in [0.1, 0.15) is 5.76 Å². The second-order valence-electron chi connectivity index (χ2n) is 6.28. The first-order valence-corrected chi connectivity index (χ1v) is 9.96. The summed E-state index contributed by atoms with van der Waals surface area (Å²) >= 11 is 3.43. The molecule has 150 valence electrons. The highest BCUT2D eigenvalue weighted by atomic mass is 79.9. The van der Waals surface area contributed by atoms with Crippen LogP contribution in [0.15, 0.2) is 101 Å². The fourth-order valence-electron chi connectivity index (χ4n) is 2.69. The lowest BCUT2D eigenvalue weighted by atomic mass is 10.1. The number of ether oxygens (including phenoxy) is 2. The Labute approximate surface area is 183 Å².